The molecule has 0 aliphatic carbocycles. The maximum absolute atomic E-state index is 12.3. The van der Waals surface area contributed by atoms with Gasteiger partial charge in [-0.1, -0.05) is 30.3 Å². The van der Waals surface area contributed by atoms with Gasteiger partial charge in [-0.2, -0.15) is 0 Å². The van der Waals surface area contributed by atoms with Crippen LogP contribution in [0.4, 0.5) is 5.69 Å². The molecule has 1 saturated heterocycles. The molecule has 0 bridgehead atoms. The molecule has 0 spiro atoms. The molecule has 1 fully saturated rings. The van der Waals surface area contributed by atoms with Crippen molar-refractivity contribution in [1.82, 2.24) is 9.97 Å². The molecule has 2 aromatic carbocycles. The van der Waals surface area contributed by atoms with Crippen molar-refractivity contribution in [2.24, 2.45) is 0 Å². The molecule has 6 heteroatoms. The topological polar surface area (TPSA) is 76.2 Å². The zero-order valence-electron chi connectivity index (χ0n) is 13.4. The Hall–Kier alpha value is -3.12. The Morgan fingerprint density at radius 1 is 1.12 bits per heavy atom. The minimum atomic E-state index is -0.240. The van der Waals surface area contributed by atoms with Gasteiger partial charge in [0.25, 0.3) is 5.91 Å². The number of imidazole rings is 1. The highest BCUT2D eigenvalue weighted by Crippen LogP contribution is 2.20. The molecule has 0 atom stereocenters. The summed E-state index contributed by atoms with van der Waals surface area (Å²) in [6.07, 6.45) is 1.66. The number of carbonyl (C=O) groups excluding carboxylic acids is 1. The van der Waals surface area contributed by atoms with E-state index in [0.717, 1.165) is 11.3 Å². The lowest BCUT2D eigenvalue weighted by molar-refractivity contribution is -0.0796. The van der Waals surface area contributed by atoms with Crippen LogP contribution in [-0.2, 0) is 4.74 Å². The van der Waals surface area contributed by atoms with E-state index >= 15 is 0 Å². The fraction of sp³-hybridized carbons (Fsp3) is 0.158. The standard InChI is InChI=1S/C19H17N3O3/c23-19(17-10-20-18(22-17)13-4-2-1-3-5-13)21-14-6-8-15(9-7-14)25-16-11-24-12-16/h1-10,16H,11-12H2,(H,20,22)(H,21,23). The Bertz CT molecular complexity index is 855. The maximum atomic E-state index is 12.3. The van der Waals surface area contributed by atoms with E-state index in [2.05, 4.69) is 15.3 Å². The van der Waals surface area contributed by atoms with Crippen LogP contribution in [0.5, 0.6) is 5.75 Å². The molecular weight excluding hydrogens is 318 g/mol. The largest absolute Gasteiger partial charge is 0.486 e. The molecule has 4 rings (SSSR count). The first-order valence-corrected chi connectivity index (χ1v) is 8.04. The van der Waals surface area contributed by atoms with Gasteiger partial charge in [-0.3, -0.25) is 4.79 Å². The number of hydrogen-bond acceptors (Lipinski definition) is 4. The summed E-state index contributed by atoms with van der Waals surface area (Å²) in [4.78, 5) is 19.7. The molecule has 1 aliphatic heterocycles. The fourth-order valence-corrected chi connectivity index (χ4v) is 2.47. The van der Waals surface area contributed by atoms with Crippen LogP contribution in [0.2, 0.25) is 0 Å². The summed E-state index contributed by atoms with van der Waals surface area (Å²) < 4.78 is 10.8. The summed E-state index contributed by atoms with van der Waals surface area (Å²) in [5.74, 6) is 1.19. The van der Waals surface area contributed by atoms with E-state index in [9.17, 15) is 4.79 Å². The van der Waals surface area contributed by atoms with Gasteiger partial charge in [0.1, 0.15) is 23.4 Å². The van der Waals surface area contributed by atoms with Gasteiger partial charge in [0.2, 0.25) is 0 Å². The SMILES string of the molecule is O=C(Nc1ccc(OC2COC2)cc1)c1cnc(-c2ccccc2)[nH]1. The molecule has 1 aromatic heterocycles. The van der Waals surface area contributed by atoms with Crippen molar-refractivity contribution < 1.29 is 14.3 Å². The number of hydrogen-bond donors (Lipinski definition) is 2. The van der Waals surface area contributed by atoms with Crippen molar-refractivity contribution in [1.29, 1.82) is 0 Å². The van der Waals surface area contributed by atoms with E-state index in [1.165, 1.54) is 6.20 Å². The number of anilines is 1. The predicted octanol–water partition coefficient (Wildman–Crippen LogP) is 3.11. The summed E-state index contributed by atoms with van der Waals surface area (Å²) in [7, 11) is 0. The average molecular weight is 335 g/mol. The number of aromatic amines is 1. The molecule has 25 heavy (non-hydrogen) atoms. The van der Waals surface area contributed by atoms with Crippen molar-refractivity contribution in [2.75, 3.05) is 18.5 Å². The average Bonchev–Trinajstić information content (AvgIpc) is 3.11. The second-order valence-electron chi connectivity index (χ2n) is 5.77. The van der Waals surface area contributed by atoms with E-state index in [1.54, 1.807) is 12.1 Å². The molecule has 2 N–H and O–H groups in total. The van der Waals surface area contributed by atoms with E-state index in [4.69, 9.17) is 9.47 Å². The zero-order chi connectivity index (χ0) is 17.1. The lowest BCUT2D eigenvalue weighted by Gasteiger charge is -2.26. The van der Waals surface area contributed by atoms with Crippen LogP contribution in [0.15, 0.2) is 60.8 Å². The molecule has 0 radical (unpaired) electrons. The van der Waals surface area contributed by atoms with Gasteiger partial charge < -0.3 is 19.8 Å². The third kappa shape index (κ3) is 3.54. The van der Waals surface area contributed by atoms with Crippen LogP contribution < -0.4 is 10.1 Å². The van der Waals surface area contributed by atoms with Gasteiger partial charge in [0.15, 0.2) is 0 Å². The summed E-state index contributed by atoms with van der Waals surface area (Å²) in [6, 6.07) is 16.9. The van der Waals surface area contributed by atoms with Crippen molar-refractivity contribution in [3.05, 3.63) is 66.5 Å². The molecule has 2 heterocycles. The van der Waals surface area contributed by atoms with Gasteiger partial charge in [-0.05, 0) is 24.3 Å². The quantitative estimate of drug-likeness (QED) is 0.751. The molecule has 1 aliphatic rings. The van der Waals surface area contributed by atoms with Gasteiger partial charge in [0.05, 0.1) is 19.4 Å². The number of rotatable bonds is 5. The lowest BCUT2D eigenvalue weighted by atomic mass is 10.2. The summed E-state index contributed by atoms with van der Waals surface area (Å²) in [5.41, 5.74) is 2.03. The summed E-state index contributed by atoms with van der Waals surface area (Å²) in [6.45, 7) is 1.25. The Morgan fingerprint density at radius 3 is 2.56 bits per heavy atom. The van der Waals surface area contributed by atoms with Gasteiger partial charge in [0, 0.05) is 11.3 Å². The van der Waals surface area contributed by atoms with Crippen LogP contribution in [0.1, 0.15) is 10.5 Å². The highest BCUT2D eigenvalue weighted by Gasteiger charge is 2.20. The third-order valence-electron chi connectivity index (χ3n) is 3.89. The smallest absolute Gasteiger partial charge is 0.273 e. The summed E-state index contributed by atoms with van der Waals surface area (Å²) in [5, 5.41) is 2.84. The van der Waals surface area contributed by atoms with Crippen LogP contribution in [0.25, 0.3) is 11.4 Å². The second-order valence-corrected chi connectivity index (χ2v) is 5.77. The first-order valence-electron chi connectivity index (χ1n) is 8.04. The van der Waals surface area contributed by atoms with E-state index in [1.807, 2.05) is 42.5 Å². The van der Waals surface area contributed by atoms with Crippen LogP contribution >= 0.6 is 0 Å². The third-order valence-corrected chi connectivity index (χ3v) is 3.89. The monoisotopic (exact) mass is 335 g/mol. The Labute approximate surface area is 144 Å². The number of benzene rings is 2. The zero-order valence-corrected chi connectivity index (χ0v) is 13.4. The first-order chi connectivity index (χ1) is 12.3. The number of amides is 1. The lowest BCUT2D eigenvalue weighted by Crippen LogP contribution is -2.38. The highest BCUT2D eigenvalue weighted by atomic mass is 16.6. The molecular formula is C19H17N3O3. The summed E-state index contributed by atoms with van der Waals surface area (Å²) >= 11 is 0. The normalized spacial score (nSPS) is 13.9. The highest BCUT2D eigenvalue weighted by molar-refractivity contribution is 6.03. The molecule has 6 nitrogen and oxygen atoms in total. The number of nitrogens with one attached hydrogen (secondary N) is 2. The predicted molar refractivity (Wildman–Crippen MR) is 93.7 cm³/mol. The number of H-pyrrole nitrogens is 1. The Kier molecular flexibility index (Phi) is 4.18. The van der Waals surface area contributed by atoms with Crippen molar-refractivity contribution >= 4 is 11.6 Å². The minimum absolute atomic E-state index is 0.127. The van der Waals surface area contributed by atoms with Crippen molar-refractivity contribution in [2.45, 2.75) is 6.10 Å². The van der Waals surface area contributed by atoms with Gasteiger partial charge >= 0.3 is 0 Å². The van der Waals surface area contributed by atoms with Crippen molar-refractivity contribution in [3.63, 3.8) is 0 Å². The molecule has 0 unspecified atom stereocenters. The van der Waals surface area contributed by atoms with Crippen LogP contribution in [0, 0.1) is 0 Å². The molecule has 1 amide bonds. The molecule has 0 saturated carbocycles. The Balaban J connectivity index is 1.40. The van der Waals surface area contributed by atoms with Crippen LogP contribution in [-0.4, -0.2) is 35.2 Å². The number of aromatic nitrogens is 2. The number of nitrogens with zero attached hydrogens (tertiary/aromatic N) is 1. The number of ether oxygens (including phenoxy) is 2. The minimum Gasteiger partial charge on any atom is -0.486 e. The van der Waals surface area contributed by atoms with Gasteiger partial charge in [-0.15, -0.1) is 0 Å². The maximum Gasteiger partial charge on any atom is 0.273 e. The van der Waals surface area contributed by atoms with E-state index in [0.29, 0.717) is 30.4 Å². The second kappa shape index (κ2) is 6.78. The number of carbonyl (C=O) groups is 1. The van der Waals surface area contributed by atoms with Crippen molar-refractivity contribution in [3.8, 4) is 17.1 Å². The van der Waals surface area contributed by atoms with E-state index < -0.39 is 0 Å². The van der Waals surface area contributed by atoms with E-state index in [-0.39, 0.29) is 12.0 Å². The van der Waals surface area contributed by atoms with Gasteiger partial charge in [-0.25, -0.2) is 4.98 Å². The first kappa shape index (κ1) is 15.4. The molecule has 3 aromatic rings. The molecule has 126 valence electrons. The Morgan fingerprint density at radius 2 is 1.88 bits per heavy atom. The van der Waals surface area contributed by atoms with Crippen LogP contribution in [0.3, 0.4) is 0 Å². The fourth-order valence-electron chi connectivity index (χ4n) is 2.47.